The Hall–Kier alpha value is -3.32. The molecule has 1 saturated carbocycles. The highest BCUT2D eigenvalue weighted by atomic mass is 32.1. The molecule has 3 heterocycles. The van der Waals surface area contributed by atoms with E-state index in [4.69, 9.17) is 14.7 Å². The number of esters is 1. The fraction of sp³-hybridized carbons (Fsp3) is 0.519. The number of nitriles is 1. The standard InChI is InChI=1S/C27H34N6O3.H2S/c1-4-5-8-24(32-26(27(34)35-3)31-18(2)36-17-21-14-20(21)15-28)33-12-9-19(10-13-33)23-16-30-25-22(23)7-6-11-29-25;/h6-8,11,16,19-21H,4-5,9-10,12-14,17H2,1-3H3,(H,29,30);1H2/b24-8-,31-18?,32-26-;. The SMILES string of the molecule is CCC/C=C(/N=C(\N=C(C)OCC1CC1C#N)C(=O)OC)N1CCC(c2c[nH]c3ncccc23)CC1.S. The summed E-state index contributed by atoms with van der Waals surface area (Å²) in [4.78, 5) is 31.4. The Labute approximate surface area is 225 Å². The summed E-state index contributed by atoms with van der Waals surface area (Å²) >= 11 is 0. The van der Waals surface area contributed by atoms with E-state index in [1.165, 1.54) is 18.1 Å². The van der Waals surface area contributed by atoms with Crippen molar-refractivity contribution < 1.29 is 14.3 Å². The molecule has 2 atom stereocenters. The van der Waals surface area contributed by atoms with Crippen LogP contribution in [0.4, 0.5) is 0 Å². The van der Waals surface area contributed by atoms with Gasteiger partial charge in [0, 0.05) is 43.7 Å². The Morgan fingerprint density at radius 3 is 2.81 bits per heavy atom. The Balaban J connectivity index is 0.00000380. The van der Waals surface area contributed by atoms with E-state index in [0.29, 0.717) is 18.4 Å². The number of rotatable bonds is 7. The molecule has 0 aromatic carbocycles. The molecule has 2 aliphatic rings. The van der Waals surface area contributed by atoms with Gasteiger partial charge in [0.05, 0.1) is 25.7 Å². The van der Waals surface area contributed by atoms with Gasteiger partial charge in [-0.15, -0.1) is 0 Å². The van der Waals surface area contributed by atoms with Gasteiger partial charge >= 0.3 is 5.97 Å². The third-order valence-electron chi connectivity index (χ3n) is 6.80. The summed E-state index contributed by atoms with van der Waals surface area (Å²) in [5, 5.41) is 10.2. The third kappa shape index (κ3) is 7.13. The summed E-state index contributed by atoms with van der Waals surface area (Å²) in [6.45, 7) is 5.86. The van der Waals surface area contributed by atoms with Gasteiger partial charge in [-0.1, -0.05) is 13.3 Å². The quantitative estimate of drug-likeness (QED) is 0.320. The van der Waals surface area contributed by atoms with Crippen molar-refractivity contribution in [3.8, 4) is 6.07 Å². The maximum absolute atomic E-state index is 12.5. The number of pyridine rings is 1. The van der Waals surface area contributed by atoms with Crippen LogP contribution in [0.1, 0.15) is 57.4 Å². The molecule has 0 amide bonds. The average Bonchev–Trinajstić information content (AvgIpc) is 3.55. The van der Waals surface area contributed by atoms with E-state index in [0.717, 1.165) is 56.7 Å². The van der Waals surface area contributed by atoms with Crippen molar-refractivity contribution in [1.82, 2.24) is 14.9 Å². The second-order valence-electron chi connectivity index (χ2n) is 9.36. The largest absolute Gasteiger partial charge is 0.481 e. The molecule has 1 N–H and O–H groups in total. The minimum atomic E-state index is -0.608. The summed E-state index contributed by atoms with van der Waals surface area (Å²) in [6, 6.07) is 6.34. The molecule has 2 unspecified atom stereocenters. The van der Waals surface area contributed by atoms with Gasteiger partial charge in [-0.2, -0.15) is 23.7 Å². The average molecular weight is 525 g/mol. The number of piperidine rings is 1. The molecule has 1 saturated heterocycles. The number of amidine groups is 1. The molecule has 2 fully saturated rings. The number of hydrogen-bond donors (Lipinski definition) is 1. The van der Waals surface area contributed by atoms with E-state index in [1.807, 2.05) is 6.07 Å². The zero-order valence-electron chi connectivity index (χ0n) is 21.7. The minimum Gasteiger partial charge on any atom is -0.481 e. The summed E-state index contributed by atoms with van der Waals surface area (Å²) in [7, 11) is 1.32. The number of aliphatic imine (C=N–C) groups is 2. The molecule has 10 heteroatoms. The molecule has 2 aromatic rings. The fourth-order valence-electron chi connectivity index (χ4n) is 4.57. The van der Waals surface area contributed by atoms with Gasteiger partial charge in [0.15, 0.2) is 5.90 Å². The number of methoxy groups -OCH3 is 1. The van der Waals surface area contributed by atoms with Crippen molar-refractivity contribution in [2.45, 2.75) is 51.9 Å². The lowest BCUT2D eigenvalue weighted by Gasteiger charge is -2.33. The zero-order chi connectivity index (χ0) is 25.5. The number of unbranched alkanes of at least 4 members (excludes halogenated alkanes) is 1. The van der Waals surface area contributed by atoms with Crippen molar-refractivity contribution in [2.75, 3.05) is 26.8 Å². The molecule has 0 radical (unpaired) electrons. The Morgan fingerprint density at radius 2 is 2.14 bits per heavy atom. The van der Waals surface area contributed by atoms with Crippen molar-refractivity contribution >= 4 is 42.2 Å². The molecular weight excluding hydrogens is 488 g/mol. The highest BCUT2D eigenvalue weighted by molar-refractivity contribution is 7.59. The number of carbonyl (C=O) groups excluding carboxylic acids is 1. The van der Waals surface area contributed by atoms with Crippen LogP contribution >= 0.6 is 13.5 Å². The van der Waals surface area contributed by atoms with E-state index in [-0.39, 0.29) is 31.2 Å². The van der Waals surface area contributed by atoms with Gasteiger partial charge < -0.3 is 19.4 Å². The summed E-state index contributed by atoms with van der Waals surface area (Å²) < 4.78 is 10.6. The van der Waals surface area contributed by atoms with Crippen LogP contribution in [0, 0.1) is 23.2 Å². The molecule has 9 nitrogen and oxygen atoms in total. The highest BCUT2D eigenvalue weighted by Gasteiger charge is 2.38. The molecule has 4 rings (SSSR count). The molecule has 2 aromatic heterocycles. The van der Waals surface area contributed by atoms with Crippen molar-refractivity contribution in [2.24, 2.45) is 21.8 Å². The number of nitrogens with one attached hydrogen (secondary N) is 1. The number of carbonyl (C=O) groups is 1. The molecular formula is C27H36N6O3S. The van der Waals surface area contributed by atoms with Crippen LogP contribution in [0.3, 0.4) is 0 Å². The minimum absolute atomic E-state index is 0. The first-order valence-electron chi connectivity index (χ1n) is 12.7. The molecule has 0 bridgehead atoms. The Bertz CT molecular complexity index is 1210. The van der Waals surface area contributed by atoms with E-state index in [1.54, 1.807) is 13.1 Å². The van der Waals surface area contributed by atoms with E-state index >= 15 is 0 Å². The number of nitrogens with zero attached hydrogens (tertiary/aromatic N) is 5. The molecule has 1 aliphatic carbocycles. The normalized spacial score (nSPS) is 20.8. The van der Waals surface area contributed by atoms with Crippen molar-refractivity contribution in [3.63, 3.8) is 0 Å². The lowest BCUT2D eigenvalue weighted by Crippen LogP contribution is -2.32. The third-order valence-corrected chi connectivity index (χ3v) is 6.80. The fourth-order valence-corrected chi connectivity index (χ4v) is 4.57. The Morgan fingerprint density at radius 1 is 1.35 bits per heavy atom. The summed E-state index contributed by atoms with van der Waals surface area (Å²) in [5.74, 6) is 1.15. The van der Waals surface area contributed by atoms with Gasteiger partial charge in [-0.3, -0.25) is 0 Å². The molecule has 0 spiro atoms. The predicted molar refractivity (Wildman–Crippen MR) is 149 cm³/mol. The molecule has 1 aliphatic heterocycles. The topological polar surface area (TPSA) is 116 Å². The first-order valence-corrected chi connectivity index (χ1v) is 12.7. The lowest BCUT2D eigenvalue weighted by atomic mass is 9.89. The van der Waals surface area contributed by atoms with Gasteiger partial charge in [0.1, 0.15) is 11.5 Å². The van der Waals surface area contributed by atoms with Gasteiger partial charge in [-0.25, -0.2) is 14.8 Å². The molecule has 198 valence electrons. The van der Waals surface area contributed by atoms with E-state index < -0.39 is 5.97 Å². The number of allylic oxidation sites excluding steroid dienone is 1. The monoisotopic (exact) mass is 524 g/mol. The van der Waals surface area contributed by atoms with Crippen LogP contribution in [0.25, 0.3) is 11.0 Å². The number of aromatic amines is 1. The summed E-state index contributed by atoms with van der Waals surface area (Å²) in [6.07, 6.45) is 10.6. The number of H-pyrrole nitrogens is 1. The smallest absolute Gasteiger partial charge is 0.376 e. The van der Waals surface area contributed by atoms with Gasteiger partial charge in [0.25, 0.3) is 0 Å². The maximum Gasteiger partial charge on any atom is 0.376 e. The summed E-state index contributed by atoms with van der Waals surface area (Å²) in [5.41, 5.74) is 2.23. The lowest BCUT2D eigenvalue weighted by molar-refractivity contribution is -0.132. The zero-order valence-corrected chi connectivity index (χ0v) is 22.7. The van der Waals surface area contributed by atoms with Gasteiger partial charge in [0.2, 0.25) is 5.84 Å². The van der Waals surface area contributed by atoms with Crippen LogP contribution in [0.2, 0.25) is 0 Å². The van der Waals surface area contributed by atoms with Crippen LogP contribution in [-0.4, -0.2) is 59.4 Å². The van der Waals surface area contributed by atoms with Crippen LogP contribution in [-0.2, 0) is 14.3 Å². The van der Waals surface area contributed by atoms with Crippen LogP contribution in [0.5, 0.6) is 0 Å². The predicted octanol–water partition coefficient (Wildman–Crippen LogP) is 4.66. The van der Waals surface area contributed by atoms with E-state index in [2.05, 4.69) is 56.2 Å². The van der Waals surface area contributed by atoms with Crippen molar-refractivity contribution in [1.29, 1.82) is 5.26 Å². The number of fused-ring (bicyclic) bond motifs is 1. The second-order valence-corrected chi connectivity index (χ2v) is 9.36. The first kappa shape index (κ1) is 28.3. The van der Waals surface area contributed by atoms with Crippen LogP contribution < -0.4 is 0 Å². The molecule has 37 heavy (non-hydrogen) atoms. The second kappa shape index (κ2) is 13.3. The Kier molecular flexibility index (Phi) is 10.1. The number of hydrogen-bond acceptors (Lipinski definition) is 7. The number of likely N-dealkylation sites (tertiary alicyclic amines) is 1. The highest BCUT2D eigenvalue weighted by Crippen LogP contribution is 2.37. The van der Waals surface area contributed by atoms with Crippen molar-refractivity contribution in [3.05, 3.63) is 42.0 Å². The number of aromatic nitrogens is 2. The first-order chi connectivity index (χ1) is 17.5. The van der Waals surface area contributed by atoms with Gasteiger partial charge in [-0.05, 0) is 55.4 Å². The number of ether oxygens (including phenoxy) is 2. The van der Waals surface area contributed by atoms with E-state index in [9.17, 15) is 4.79 Å². The maximum atomic E-state index is 12.5. The van der Waals surface area contributed by atoms with Crippen LogP contribution in [0.15, 0.2) is 46.4 Å².